The number of anilines is 1. The number of likely N-dealkylation sites (tertiary alicyclic amines) is 1. The van der Waals surface area contributed by atoms with Crippen LogP contribution in [-0.4, -0.2) is 45.6 Å². The second kappa shape index (κ2) is 6.24. The number of carbonyl (C=O) groups is 3. The summed E-state index contributed by atoms with van der Waals surface area (Å²) in [5.74, 6) is -1.65. The van der Waals surface area contributed by atoms with Gasteiger partial charge in [-0.2, -0.15) is 0 Å². The third-order valence-corrected chi connectivity index (χ3v) is 6.72. The fraction of sp³-hybridized carbons (Fsp3) is 0.391. The van der Waals surface area contributed by atoms with Gasteiger partial charge in [0.25, 0.3) is 0 Å². The maximum absolute atomic E-state index is 13.3. The van der Waals surface area contributed by atoms with E-state index >= 15 is 0 Å². The van der Waals surface area contributed by atoms with Crippen molar-refractivity contribution < 1.29 is 14.4 Å². The Morgan fingerprint density at radius 2 is 1.93 bits per heavy atom. The maximum atomic E-state index is 13.3. The summed E-state index contributed by atoms with van der Waals surface area (Å²) < 4.78 is 0. The van der Waals surface area contributed by atoms with Crippen molar-refractivity contribution in [3.05, 3.63) is 42.1 Å². The van der Waals surface area contributed by atoms with E-state index in [1.165, 1.54) is 11.8 Å². The molecule has 29 heavy (non-hydrogen) atoms. The lowest BCUT2D eigenvalue weighted by molar-refractivity contribution is -0.143. The van der Waals surface area contributed by atoms with Crippen molar-refractivity contribution in [1.29, 1.82) is 0 Å². The lowest BCUT2D eigenvalue weighted by Crippen LogP contribution is -2.49. The summed E-state index contributed by atoms with van der Waals surface area (Å²) >= 11 is 0. The Balaban J connectivity index is 1.71. The molecule has 0 bridgehead atoms. The number of nitrogens with zero attached hydrogens (tertiary/aromatic N) is 3. The maximum Gasteiger partial charge on any atom is 0.235 e. The van der Waals surface area contributed by atoms with Crippen LogP contribution in [0.15, 0.2) is 36.5 Å². The molecule has 0 radical (unpaired) electrons. The second-order valence-corrected chi connectivity index (χ2v) is 8.25. The number of pyridine rings is 1. The molecule has 5 rings (SSSR count). The summed E-state index contributed by atoms with van der Waals surface area (Å²) in [6, 6.07) is 6.73. The molecule has 148 valence electrons. The van der Waals surface area contributed by atoms with Crippen LogP contribution in [0.1, 0.15) is 32.8 Å². The van der Waals surface area contributed by atoms with E-state index in [4.69, 9.17) is 0 Å². The van der Waals surface area contributed by atoms with E-state index in [1.807, 2.05) is 55.2 Å². The van der Waals surface area contributed by atoms with Gasteiger partial charge in [-0.3, -0.25) is 24.3 Å². The quantitative estimate of drug-likeness (QED) is 0.755. The van der Waals surface area contributed by atoms with Crippen LogP contribution in [0, 0.1) is 11.8 Å². The number of hydrogen-bond donors (Lipinski definition) is 0. The lowest BCUT2D eigenvalue weighted by atomic mass is 9.88. The van der Waals surface area contributed by atoms with Crippen molar-refractivity contribution >= 4 is 40.3 Å². The SMILES string of the molecule is CC[C@H](C)N1C(=O)[C@@H]2[C@H](C1=O)[C@H](C(C)=O)N1c3c(ccc4cccnc34)C=C[C@H]21. The van der Waals surface area contributed by atoms with Crippen LogP contribution in [-0.2, 0) is 14.4 Å². The van der Waals surface area contributed by atoms with Gasteiger partial charge in [-0.15, -0.1) is 0 Å². The number of aromatic nitrogens is 1. The van der Waals surface area contributed by atoms with Crippen LogP contribution < -0.4 is 4.90 Å². The summed E-state index contributed by atoms with van der Waals surface area (Å²) in [5.41, 5.74) is 2.60. The van der Waals surface area contributed by atoms with Crippen LogP contribution in [0.25, 0.3) is 17.0 Å². The molecule has 2 aromatic rings. The van der Waals surface area contributed by atoms with Crippen LogP contribution in [0.4, 0.5) is 5.69 Å². The highest BCUT2D eigenvalue weighted by Crippen LogP contribution is 2.50. The predicted octanol–water partition coefficient (Wildman–Crippen LogP) is 2.81. The minimum Gasteiger partial charge on any atom is -0.351 e. The highest BCUT2D eigenvalue weighted by molar-refractivity contribution is 6.12. The van der Waals surface area contributed by atoms with Gasteiger partial charge in [-0.25, -0.2) is 0 Å². The van der Waals surface area contributed by atoms with Gasteiger partial charge in [0, 0.05) is 17.6 Å². The number of hydrogen-bond acceptors (Lipinski definition) is 5. The number of fused-ring (bicyclic) bond motifs is 7. The zero-order valence-corrected chi connectivity index (χ0v) is 16.7. The van der Waals surface area contributed by atoms with E-state index in [0.29, 0.717) is 6.42 Å². The Labute approximate surface area is 169 Å². The molecule has 4 heterocycles. The van der Waals surface area contributed by atoms with Gasteiger partial charge in [-0.05, 0) is 31.9 Å². The molecule has 0 saturated carbocycles. The third kappa shape index (κ3) is 2.29. The fourth-order valence-electron chi connectivity index (χ4n) is 5.28. The molecule has 1 aromatic carbocycles. The van der Waals surface area contributed by atoms with E-state index < -0.39 is 17.9 Å². The molecular formula is C23H23N3O3. The van der Waals surface area contributed by atoms with Crippen molar-refractivity contribution in [2.24, 2.45) is 11.8 Å². The lowest BCUT2D eigenvalue weighted by Gasteiger charge is -2.37. The fourth-order valence-corrected chi connectivity index (χ4v) is 5.28. The molecule has 3 aliphatic heterocycles. The number of Topliss-reactive ketones (excluding diaryl/α,β-unsaturated/α-hetero) is 1. The van der Waals surface area contributed by atoms with Crippen molar-refractivity contribution in [2.75, 3.05) is 4.90 Å². The van der Waals surface area contributed by atoms with Gasteiger partial charge in [-0.1, -0.05) is 37.3 Å². The van der Waals surface area contributed by atoms with E-state index in [2.05, 4.69) is 4.98 Å². The molecule has 3 aliphatic rings. The first-order valence-electron chi connectivity index (χ1n) is 10.2. The van der Waals surface area contributed by atoms with E-state index in [-0.39, 0.29) is 29.7 Å². The van der Waals surface area contributed by atoms with Gasteiger partial charge < -0.3 is 4.90 Å². The van der Waals surface area contributed by atoms with Gasteiger partial charge in [0.15, 0.2) is 5.78 Å². The average Bonchev–Trinajstić information content (AvgIpc) is 3.20. The summed E-state index contributed by atoms with van der Waals surface area (Å²) in [7, 11) is 0. The van der Waals surface area contributed by atoms with Crippen molar-refractivity contribution in [2.45, 2.75) is 45.3 Å². The van der Waals surface area contributed by atoms with Gasteiger partial charge >= 0.3 is 0 Å². The molecular weight excluding hydrogens is 366 g/mol. The highest BCUT2D eigenvalue weighted by atomic mass is 16.2. The Morgan fingerprint density at radius 3 is 2.66 bits per heavy atom. The first-order valence-corrected chi connectivity index (χ1v) is 10.2. The summed E-state index contributed by atoms with van der Waals surface area (Å²) in [4.78, 5) is 47.4. The van der Waals surface area contributed by atoms with Gasteiger partial charge in [0.05, 0.1) is 29.1 Å². The summed E-state index contributed by atoms with van der Waals surface area (Å²) in [5, 5.41) is 0.971. The van der Waals surface area contributed by atoms with Crippen molar-refractivity contribution in [3.8, 4) is 0 Å². The molecule has 0 aliphatic carbocycles. The Morgan fingerprint density at radius 1 is 1.17 bits per heavy atom. The number of amides is 2. The first-order chi connectivity index (χ1) is 14.0. The van der Waals surface area contributed by atoms with E-state index in [0.717, 1.165) is 22.2 Å². The largest absolute Gasteiger partial charge is 0.351 e. The number of rotatable bonds is 3. The number of benzene rings is 1. The zero-order valence-electron chi connectivity index (χ0n) is 16.7. The average molecular weight is 389 g/mol. The summed E-state index contributed by atoms with van der Waals surface area (Å²) in [6.07, 6.45) is 6.40. The molecule has 6 nitrogen and oxygen atoms in total. The minimum atomic E-state index is -0.660. The van der Waals surface area contributed by atoms with Crippen LogP contribution in [0.3, 0.4) is 0 Å². The Bertz CT molecular complexity index is 1090. The van der Waals surface area contributed by atoms with Crippen LogP contribution in [0.2, 0.25) is 0 Å². The van der Waals surface area contributed by atoms with Crippen molar-refractivity contribution in [1.82, 2.24) is 9.88 Å². The zero-order chi connectivity index (χ0) is 20.4. The Kier molecular flexibility index (Phi) is 3.88. The van der Waals surface area contributed by atoms with Crippen LogP contribution >= 0.6 is 0 Å². The molecule has 5 atom stereocenters. The molecule has 2 fully saturated rings. The summed E-state index contributed by atoms with van der Waals surface area (Å²) in [6.45, 7) is 5.37. The molecule has 1 aromatic heterocycles. The van der Waals surface area contributed by atoms with E-state index in [1.54, 1.807) is 6.20 Å². The molecule has 6 heteroatoms. The van der Waals surface area contributed by atoms with Gasteiger partial charge in [0.2, 0.25) is 11.8 Å². The highest BCUT2D eigenvalue weighted by Gasteiger charge is 2.64. The number of imide groups is 1. The standard InChI is InChI=1S/C23H23N3O3/c1-4-12(2)25-22(28)17-16-10-9-15-8-7-14-6-5-11-24-19(14)21(15)26(16)20(13(3)27)18(17)23(25)29/h5-12,16-18,20H,4H2,1-3H3/t12-,16+,17-,18-,20-/m0/s1. The molecule has 2 saturated heterocycles. The van der Waals surface area contributed by atoms with Gasteiger partial charge in [0.1, 0.15) is 6.04 Å². The number of carbonyl (C=O) groups excluding carboxylic acids is 3. The van der Waals surface area contributed by atoms with Crippen molar-refractivity contribution in [3.63, 3.8) is 0 Å². The molecule has 0 spiro atoms. The predicted molar refractivity (Wildman–Crippen MR) is 110 cm³/mol. The van der Waals surface area contributed by atoms with Crippen LogP contribution in [0.5, 0.6) is 0 Å². The topological polar surface area (TPSA) is 70.6 Å². The minimum absolute atomic E-state index is 0.0937. The molecule has 2 amide bonds. The third-order valence-electron chi connectivity index (χ3n) is 6.72. The second-order valence-electron chi connectivity index (χ2n) is 8.25. The normalized spacial score (nSPS) is 28.5. The number of ketones is 1. The molecule has 0 unspecified atom stereocenters. The monoisotopic (exact) mass is 389 g/mol. The Hall–Kier alpha value is -3.02. The first kappa shape index (κ1) is 18.0. The van der Waals surface area contributed by atoms with E-state index in [9.17, 15) is 14.4 Å². The smallest absolute Gasteiger partial charge is 0.235 e. The molecule has 0 N–H and O–H groups in total.